The maximum absolute atomic E-state index is 5.52. The van der Waals surface area contributed by atoms with Gasteiger partial charge in [-0.2, -0.15) is 0 Å². The summed E-state index contributed by atoms with van der Waals surface area (Å²) < 4.78 is 4.76. The Labute approximate surface area is 667 Å². The summed E-state index contributed by atoms with van der Waals surface area (Å²) in [5, 5.41) is 4.08. The van der Waals surface area contributed by atoms with Crippen LogP contribution in [0.3, 0.4) is 0 Å². The summed E-state index contributed by atoms with van der Waals surface area (Å²) in [6.07, 6.45) is 0. The highest BCUT2D eigenvalue weighted by Gasteiger charge is 2.28. The van der Waals surface area contributed by atoms with Gasteiger partial charge >= 0.3 is 0 Å². The van der Waals surface area contributed by atoms with E-state index in [1.54, 1.807) is 0 Å². The van der Waals surface area contributed by atoms with E-state index in [-0.39, 0.29) is 0 Å². The van der Waals surface area contributed by atoms with Crippen LogP contribution in [-0.2, 0) is 0 Å². The van der Waals surface area contributed by atoms with Crippen LogP contribution in [0.4, 0.5) is 0 Å². The first kappa shape index (κ1) is 68.0. The predicted molar refractivity (Wildman–Crippen MR) is 465 cm³/mol. The van der Waals surface area contributed by atoms with Gasteiger partial charge in [0.1, 0.15) is 0 Å². The maximum Gasteiger partial charge on any atom is 0.164 e. The zero-order valence-electron chi connectivity index (χ0n) is 62.2. The summed E-state index contributed by atoms with van der Waals surface area (Å²) in [6, 6.07) is 133. The van der Waals surface area contributed by atoms with E-state index >= 15 is 0 Å². The van der Waals surface area contributed by atoms with Gasteiger partial charge in [0.15, 0.2) is 69.9 Å². The monoisotopic (exact) mass is 1480 g/mol. The Hall–Kier alpha value is -16.1. The van der Waals surface area contributed by atoms with Crippen molar-refractivity contribution in [3.05, 3.63) is 388 Å². The van der Waals surface area contributed by atoms with Gasteiger partial charge in [0.2, 0.25) is 0 Å². The molecule has 0 unspecified atom stereocenters. The molecule has 14 nitrogen and oxygen atoms in total. The van der Waals surface area contributed by atoms with Gasteiger partial charge in [-0.05, 0) is 77.9 Å². The second-order valence-electron chi connectivity index (χ2n) is 28.3. The van der Waals surface area contributed by atoms with Gasteiger partial charge in [-0.1, -0.05) is 322 Å². The molecule has 0 aliphatic rings. The van der Waals surface area contributed by atoms with Crippen LogP contribution in [-0.4, -0.2) is 68.9 Å². The number of hydrogen-bond donors (Lipinski definition) is 0. The van der Waals surface area contributed by atoms with Crippen LogP contribution in [0.15, 0.2) is 388 Å². The molecule has 0 amide bonds. The molecule has 116 heavy (non-hydrogen) atoms. The van der Waals surface area contributed by atoms with Gasteiger partial charge in [-0.25, -0.2) is 59.8 Å². The first-order valence-electron chi connectivity index (χ1n) is 38.4. The molecule has 21 rings (SSSR count). The number of hydrogen-bond acceptors (Lipinski definition) is 12. The molecule has 0 bridgehead atoms. The third-order valence-electron chi connectivity index (χ3n) is 21.1. The quantitative estimate of drug-likeness (QED) is 0.0900. The first-order valence-corrected chi connectivity index (χ1v) is 38.4. The van der Waals surface area contributed by atoms with Crippen LogP contribution >= 0.6 is 0 Å². The smallest absolute Gasteiger partial charge is 0.164 e. The minimum atomic E-state index is 0.490. The fraction of sp³-hybridized carbons (Fsp3) is 0. The van der Waals surface area contributed by atoms with Crippen molar-refractivity contribution in [3.63, 3.8) is 0 Å². The molecule has 0 saturated heterocycles. The highest BCUT2D eigenvalue weighted by molar-refractivity contribution is 6.13. The lowest BCUT2D eigenvalue weighted by molar-refractivity contribution is 1.07. The zero-order valence-corrected chi connectivity index (χ0v) is 62.2. The molecule has 14 heteroatoms. The highest BCUT2D eigenvalue weighted by Crippen LogP contribution is 2.47. The average Bonchev–Trinajstić information content (AvgIpc) is 1.56. The van der Waals surface area contributed by atoms with E-state index in [0.29, 0.717) is 69.9 Å². The van der Waals surface area contributed by atoms with Crippen LogP contribution < -0.4 is 0 Å². The lowest BCUT2D eigenvalue weighted by atomic mass is 9.91. The van der Waals surface area contributed by atoms with Crippen molar-refractivity contribution in [2.45, 2.75) is 0 Å². The minimum Gasteiger partial charge on any atom is -0.309 e. The van der Waals surface area contributed by atoms with Gasteiger partial charge in [-0.15, -0.1) is 0 Å². The molecule has 0 N–H and O–H groups in total. The van der Waals surface area contributed by atoms with E-state index in [1.165, 1.54) is 0 Å². The minimum absolute atomic E-state index is 0.490. The lowest BCUT2D eigenvalue weighted by Gasteiger charge is -2.21. The van der Waals surface area contributed by atoms with Crippen molar-refractivity contribution in [1.82, 2.24) is 68.9 Å². The molecule has 6 aromatic heterocycles. The maximum atomic E-state index is 5.52. The van der Waals surface area contributed by atoms with E-state index in [1.807, 2.05) is 243 Å². The van der Waals surface area contributed by atoms with Crippen LogP contribution in [0.25, 0.3) is 214 Å². The molecule has 6 heterocycles. The molecule has 0 spiro atoms. The Morgan fingerprint density at radius 2 is 0.353 bits per heavy atom. The second kappa shape index (κ2) is 29.3. The fourth-order valence-corrected chi connectivity index (χ4v) is 15.7. The Bertz CT molecular complexity index is 6630. The molecule has 0 fully saturated rings. The standard InChI is InChI=1S/C102H64N14/c1-9-32-65(33-10-1)91-103-92(66-34-11-2-12-35-66)108-99(107-91)75-58-60-85-81(63-75)77-50-25-27-54-83(77)115(85)87-56-30-52-79(101-111-95(69-40-17-5-18-41-69)105-96(112-101)70-42-19-6-20-43-70)89(87)73-48-29-49-74(62-73)90-80(102-113-97(71-44-21-7-22-45-71)106-98(114-102)72-46-23-8-24-47-72)53-31-57-88(90)116-84-55-28-26-51-78(84)82-64-76(59-61-86(82)116)100-109-93(67-36-13-3-14-37-67)104-94(110-100)68-38-15-4-16-39-68/h1-64H. The van der Waals surface area contributed by atoms with E-state index in [0.717, 1.165) is 144 Å². The van der Waals surface area contributed by atoms with Crippen LogP contribution in [0.1, 0.15) is 0 Å². The fourth-order valence-electron chi connectivity index (χ4n) is 15.7. The summed E-state index contributed by atoms with van der Waals surface area (Å²) in [4.78, 5) is 63.6. The van der Waals surface area contributed by atoms with Gasteiger partial charge in [-0.3, -0.25) is 0 Å². The molecule has 0 radical (unpaired) electrons. The van der Waals surface area contributed by atoms with Gasteiger partial charge in [0.25, 0.3) is 0 Å². The number of fused-ring (bicyclic) bond motifs is 6. The van der Waals surface area contributed by atoms with Crippen molar-refractivity contribution in [3.8, 4) is 170 Å². The van der Waals surface area contributed by atoms with Crippen molar-refractivity contribution in [2.75, 3.05) is 0 Å². The van der Waals surface area contributed by atoms with Crippen LogP contribution in [0.2, 0.25) is 0 Å². The summed E-state index contributed by atoms with van der Waals surface area (Å²) in [6.45, 7) is 0. The number of rotatable bonds is 16. The zero-order chi connectivity index (χ0) is 76.8. The Kier molecular flexibility index (Phi) is 17.2. The molecular formula is C102H64N14. The summed E-state index contributed by atoms with van der Waals surface area (Å²) in [5.41, 5.74) is 19.4. The SMILES string of the molecule is c1ccc(-c2nc(-c3ccccc3)nc(-c3ccc4c(c3)c3ccccc3n4-c3cccc(-c4nc(-c5ccccc5)nc(-c5ccccc5)n4)c3-c3cccc(-c4c(-c5nc(-c6ccccc6)nc(-c6ccccc6)n5)cccc4-n4c5ccccc5c5cc(-c6nc(-c7ccccc7)nc(-c7ccccc7)n6)ccc54)c3)n2)cc1. The van der Waals surface area contributed by atoms with Crippen LogP contribution in [0, 0.1) is 0 Å². The van der Waals surface area contributed by atoms with E-state index < -0.39 is 0 Å². The first-order chi connectivity index (χ1) is 57.5. The van der Waals surface area contributed by atoms with Crippen molar-refractivity contribution < 1.29 is 0 Å². The van der Waals surface area contributed by atoms with E-state index in [2.05, 4.69) is 155 Å². The van der Waals surface area contributed by atoms with Gasteiger partial charge < -0.3 is 9.13 Å². The Morgan fingerprint density at radius 1 is 0.138 bits per heavy atom. The average molecular weight is 1490 g/mol. The molecule has 0 saturated carbocycles. The van der Waals surface area contributed by atoms with Crippen LogP contribution in [0.5, 0.6) is 0 Å². The summed E-state index contributed by atoms with van der Waals surface area (Å²) >= 11 is 0. The third kappa shape index (κ3) is 12.6. The normalized spacial score (nSPS) is 11.4. The topological polar surface area (TPSA) is 165 Å². The number of benzene rings is 15. The van der Waals surface area contributed by atoms with E-state index in [9.17, 15) is 0 Å². The number of nitrogens with zero attached hydrogens (tertiary/aromatic N) is 14. The largest absolute Gasteiger partial charge is 0.309 e. The predicted octanol–water partition coefficient (Wildman–Crippen LogP) is 24.0. The molecule has 0 atom stereocenters. The molecule has 15 aromatic carbocycles. The van der Waals surface area contributed by atoms with Gasteiger partial charge in [0.05, 0.1) is 33.4 Å². The summed E-state index contributed by atoms with van der Waals surface area (Å²) in [5.74, 6) is 6.56. The highest BCUT2D eigenvalue weighted by atomic mass is 15.1. The molecule has 21 aromatic rings. The van der Waals surface area contributed by atoms with E-state index in [4.69, 9.17) is 59.8 Å². The molecular weight excluding hydrogens is 1420 g/mol. The number of aromatic nitrogens is 14. The second-order valence-corrected chi connectivity index (χ2v) is 28.3. The van der Waals surface area contributed by atoms with Crippen molar-refractivity contribution >= 4 is 43.6 Å². The Balaban J connectivity index is 0.818. The molecule has 542 valence electrons. The molecule has 0 aliphatic heterocycles. The Morgan fingerprint density at radius 3 is 0.629 bits per heavy atom. The lowest BCUT2D eigenvalue weighted by Crippen LogP contribution is -2.05. The number of para-hydroxylation sites is 2. The third-order valence-corrected chi connectivity index (χ3v) is 21.1. The van der Waals surface area contributed by atoms with Crippen molar-refractivity contribution in [1.29, 1.82) is 0 Å². The van der Waals surface area contributed by atoms with Crippen molar-refractivity contribution in [2.24, 2.45) is 0 Å². The van der Waals surface area contributed by atoms with Gasteiger partial charge in [0, 0.05) is 99.4 Å². The summed E-state index contributed by atoms with van der Waals surface area (Å²) in [7, 11) is 0. The molecule has 0 aliphatic carbocycles.